The molecule has 1 aromatic carbocycles. The molecule has 1 amide bonds. The fourth-order valence-electron chi connectivity index (χ4n) is 4.77. The lowest BCUT2D eigenvalue weighted by Gasteiger charge is -2.28. The zero-order chi connectivity index (χ0) is 23.9. The van der Waals surface area contributed by atoms with Gasteiger partial charge in [-0.05, 0) is 36.4 Å². The van der Waals surface area contributed by atoms with Gasteiger partial charge in [-0.25, -0.2) is 4.98 Å². The number of anilines is 1. The molecule has 1 saturated heterocycles. The van der Waals surface area contributed by atoms with Gasteiger partial charge in [0.1, 0.15) is 17.0 Å². The van der Waals surface area contributed by atoms with E-state index < -0.39 is 5.91 Å². The Bertz CT molecular complexity index is 1630. The van der Waals surface area contributed by atoms with E-state index in [0.717, 1.165) is 29.9 Å². The van der Waals surface area contributed by atoms with Crippen LogP contribution in [0.1, 0.15) is 16.1 Å². The molecule has 0 spiro atoms. The number of aryl methyl sites for hydroxylation is 1. The monoisotopic (exact) mass is 468 g/mol. The summed E-state index contributed by atoms with van der Waals surface area (Å²) in [6, 6.07) is 17.0. The number of pyridine rings is 3. The highest BCUT2D eigenvalue weighted by atomic mass is 16.5. The Morgan fingerprint density at radius 2 is 1.80 bits per heavy atom. The first kappa shape index (κ1) is 21.3. The number of rotatable bonds is 4. The van der Waals surface area contributed by atoms with Gasteiger partial charge >= 0.3 is 0 Å². The lowest BCUT2D eigenvalue weighted by Crippen LogP contribution is -2.37. The summed E-state index contributed by atoms with van der Waals surface area (Å²) in [6.07, 6.45) is 1.67. The summed E-state index contributed by atoms with van der Waals surface area (Å²) in [6.45, 7) is 2.97. The number of aromatic nitrogens is 4. The lowest BCUT2D eigenvalue weighted by atomic mass is 10.1. The minimum absolute atomic E-state index is 0.0908. The molecule has 176 valence electrons. The number of benzene rings is 1. The zero-order valence-corrected chi connectivity index (χ0v) is 19.3. The van der Waals surface area contributed by atoms with E-state index in [-0.39, 0.29) is 17.5 Å². The highest BCUT2D eigenvalue weighted by molar-refractivity contribution is 6.05. The molecule has 35 heavy (non-hydrogen) atoms. The summed E-state index contributed by atoms with van der Waals surface area (Å²) in [4.78, 5) is 38.5. The number of ether oxygens (including phenoxy) is 1. The molecule has 1 aliphatic rings. The van der Waals surface area contributed by atoms with Gasteiger partial charge in [-0.1, -0.05) is 18.2 Å². The van der Waals surface area contributed by atoms with E-state index >= 15 is 0 Å². The normalized spacial score (nSPS) is 14.1. The Hall–Kier alpha value is -4.24. The van der Waals surface area contributed by atoms with Crippen LogP contribution in [0, 0.1) is 0 Å². The average Bonchev–Trinajstić information content (AvgIpc) is 3.21. The molecule has 4 aromatic heterocycles. The molecule has 6 rings (SSSR count). The van der Waals surface area contributed by atoms with Gasteiger partial charge in [0.05, 0.1) is 41.9 Å². The number of hydrogen-bond donors (Lipinski definition) is 1. The smallest absolute Gasteiger partial charge is 0.259 e. The zero-order valence-electron chi connectivity index (χ0n) is 19.3. The second-order valence-corrected chi connectivity index (χ2v) is 8.55. The van der Waals surface area contributed by atoms with Crippen molar-refractivity contribution in [1.82, 2.24) is 24.3 Å². The maximum Gasteiger partial charge on any atom is 0.259 e. The molecule has 0 radical (unpaired) electrons. The average molecular weight is 469 g/mol. The molecule has 5 aromatic rings. The van der Waals surface area contributed by atoms with Crippen molar-refractivity contribution in [1.29, 1.82) is 0 Å². The van der Waals surface area contributed by atoms with Gasteiger partial charge in [0.2, 0.25) is 5.43 Å². The van der Waals surface area contributed by atoms with Crippen LogP contribution in [0.15, 0.2) is 65.6 Å². The molecule has 0 aliphatic carbocycles. The number of para-hydroxylation sites is 2. The molecule has 5 heterocycles. The molecular weight excluding hydrogens is 444 g/mol. The van der Waals surface area contributed by atoms with Crippen LogP contribution in [0.25, 0.3) is 27.7 Å². The molecule has 1 fully saturated rings. The first-order valence-corrected chi connectivity index (χ1v) is 11.6. The van der Waals surface area contributed by atoms with Crippen molar-refractivity contribution < 1.29 is 9.53 Å². The van der Waals surface area contributed by atoms with Gasteiger partial charge in [-0.15, -0.1) is 0 Å². The first-order chi connectivity index (χ1) is 17.1. The van der Waals surface area contributed by atoms with Crippen molar-refractivity contribution in [3.63, 3.8) is 0 Å². The summed E-state index contributed by atoms with van der Waals surface area (Å²) in [5, 5.41) is 3.28. The van der Waals surface area contributed by atoms with Crippen LogP contribution in [-0.4, -0.2) is 51.1 Å². The van der Waals surface area contributed by atoms with Crippen molar-refractivity contribution in [2.45, 2.75) is 6.54 Å². The van der Waals surface area contributed by atoms with Crippen molar-refractivity contribution >= 4 is 39.4 Å². The molecule has 0 atom stereocenters. The standard InChI is InChI=1S/C26H24N6O3/c1-30-19-7-2-3-8-20(19)32-24-18(9-10-21(29-24)31-12-14-35-15-13-31)23(33)22(26(30)32)25(34)28-16-17-6-4-5-11-27-17/h2-11H,12-16H2,1H3,(H,28,34). The number of carbonyl (C=O) groups excluding carboxylic acids is 1. The van der Waals surface area contributed by atoms with Crippen LogP contribution < -0.4 is 15.6 Å². The number of imidazole rings is 1. The van der Waals surface area contributed by atoms with Gasteiger partial charge in [0.25, 0.3) is 5.91 Å². The van der Waals surface area contributed by atoms with Crippen molar-refractivity contribution in [2.75, 3.05) is 31.2 Å². The van der Waals surface area contributed by atoms with Crippen LogP contribution in [0.3, 0.4) is 0 Å². The maximum atomic E-state index is 13.7. The van der Waals surface area contributed by atoms with Crippen LogP contribution in [0.2, 0.25) is 0 Å². The number of amides is 1. The topological polar surface area (TPSA) is 93.8 Å². The van der Waals surface area contributed by atoms with E-state index in [4.69, 9.17) is 9.72 Å². The highest BCUT2D eigenvalue weighted by Gasteiger charge is 2.25. The van der Waals surface area contributed by atoms with E-state index in [1.54, 1.807) is 12.3 Å². The summed E-state index contributed by atoms with van der Waals surface area (Å²) in [5.41, 5.74) is 3.28. The van der Waals surface area contributed by atoms with Crippen LogP contribution in [-0.2, 0) is 18.3 Å². The molecule has 9 nitrogen and oxygen atoms in total. The number of morpholine rings is 1. The number of fused-ring (bicyclic) bond motifs is 5. The summed E-state index contributed by atoms with van der Waals surface area (Å²) in [5.74, 6) is 0.345. The van der Waals surface area contributed by atoms with E-state index in [2.05, 4.69) is 15.2 Å². The van der Waals surface area contributed by atoms with E-state index in [0.29, 0.717) is 35.6 Å². The molecular formula is C26H24N6O3. The molecule has 1 N–H and O–H groups in total. The second kappa shape index (κ2) is 8.52. The third kappa shape index (κ3) is 3.52. The Morgan fingerprint density at radius 1 is 1.03 bits per heavy atom. The van der Waals surface area contributed by atoms with Gasteiger partial charge in [-0.2, -0.15) is 0 Å². The third-order valence-electron chi connectivity index (χ3n) is 6.50. The number of nitrogens with one attached hydrogen (secondary N) is 1. The van der Waals surface area contributed by atoms with E-state index in [9.17, 15) is 9.59 Å². The number of nitrogens with zero attached hydrogens (tertiary/aromatic N) is 5. The Kier molecular flexibility index (Phi) is 5.18. The Morgan fingerprint density at radius 3 is 2.57 bits per heavy atom. The number of carbonyl (C=O) groups is 1. The van der Waals surface area contributed by atoms with Crippen molar-refractivity contribution in [2.24, 2.45) is 7.05 Å². The summed E-state index contributed by atoms with van der Waals surface area (Å²) >= 11 is 0. The molecule has 0 bridgehead atoms. The van der Waals surface area contributed by atoms with Gasteiger partial charge < -0.3 is 19.5 Å². The van der Waals surface area contributed by atoms with Crippen molar-refractivity contribution in [3.8, 4) is 0 Å². The van der Waals surface area contributed by atoms with Gasteiger partial charge in [-0.3, -0.25) is 19.0 Å². The van der Waals surface area contributed by atoms with E-state index in [1.165, 1.54) is 0 Å². The van der Waals surface area contributed by atoms with Crippen LogP contribution in [0.4, 0.5) is 5.82 Å². The maximum absolute atomic E-state index is 13.7. The fourth-order valence-corrected chi connectivity index (χ4v) is 4.77. The summed E-state index contributed by atoms with van der Waals surface area (Å²) < 4.78 is 9.29. The third-order valence-corrected chi connectivity index (χ3v) is 6.50. The Labute approximate surface area is 200 Å². The SMILES string of the molecule is Cn1c2ccccc2n2c3nc(N4CCOCC4)ccc3c(=O)c(C(=O)NCc3ccccn3)c12. The molecule has 0 unspecified atom stereocenters. The van der Waals surface area contributed by atoms with Crippen LogP contribution >= 0.6 is 0 Å². The quantitative estimate of drug-likeness (QED) is 0.436. The highest BCUT2D eigenvalue weighted by Crippen LogP contribution is 2.27. The molecule has 0 saturated carbocycles. The minimum atomic E-state index is -0.441. The van der Waals surface area contributed by atoms with Gasteiger partial charge in [0.15, 0.2) is 5.65 Å². The van der Waals surface area contributed by atoms with Gasteiger partial charge in [0, 0.05) is 26.3 Å². The summed E-state index contributed by atoms with van der Waals surface area (Å²) in [7, 11) is 1.87. The van der Waals surface area contributed by atoms with Crippen molar-refractivity contribution in [3.05, 3.63) is 82.3 Å². The lowest BCUT2D eigenvalue weighted by molar-refractivity contribution is 0.0950. The minimum Gasteiger partial charge on any atom is -0.378 e. The molecule has 9 heteroatoms. The second-order valence-electron chi connectivity index (χ2n) is 8.55. The first-order valence-electron chi connectivity index (χ1n) is 11.6. The predicted octanol–water partition coefficient (Wildman–Crippen LogP) is 2.50. The van der Waals surface area contributed by atoms with Crippen LogP contribution in [0.5, 0.6) is 0 Å². The molecule has 1 aliphatic heterocycles. The largest absolute Gasteiger partial charge is 0.378 e. The number of hydrogen-bond acceptors (Lipinski definition) is 6. The predicted molar refractivity (Wildman–Crippen MR) is 134 cm³/mol. The fraction of sp³-hybridized carbons (Fsp3) is 0.231. The van der Waals surface area contributed by atoms with E-state index in [1.807, 2.05) is 64.5 Å². The Balaban J connectivity index is 1.58.